The summed E-state index contributed by atoms with van der Waals surface area (Å²) in [5, 5.41) is 2.36. The fraction of sp³-hybridized carbons (Fsp3) is 0.100. The van der Waals surface area contributed by atoms with Crippen molar-refractivity contribution < 1.29 is 0 Å². The third-order valence-corrected chi connectivity index (χ3v) is 1.94. The molecule has 0 saturated carbocycles. The maximum absolute atomic E-state index is 5.53. The summed E-state index contributed by atoms with van der Waals surface area (Å²) >= 11 is 0. The van der Waals surface area contributed by atoms with Gasteiger partial charge >= 0.3 is 0 Å². The quantitative estimate of drug-likeness (QED) is 0.686. The van der Waals surface area contributed by atoms with Gasteiger partial charge in [-0.2, -0.15) is 0 Å². The summed E-state index contributed by atoms with van der Waals surface area (Å²) in [5.41, 5.74) is 6.69. The van der Waals surface area contributed by atoms with Crippen LogP contribution in [0.3, 0.4) is 0 Å². The first-order valence-electron chi connectivity index (χ1n) is 3.93. The Hall–Kier alpha value is -1.41. The molecule has 0 bridgehead atoms. The average molecular weight is 158 g/mol. The van der Waals surface area contributed by atoms with Gasteiger partial charge in [-0.1, -0.05) is 12.1 Å². The molecular formula is C10H10N2. The van der Waals surface area contributed by atoms with Crippen molar-refractivity contribution in [3.8, 4) is 0 Å². The van der Waals surface area contributed by atoms with Crippen molar-refractivity contribution in [2.24, 2.45) is 5.73 Å². The van der Waals surface area contributed by atoms with Gasteiger partial charge in [-0.15, -0.1) is 0 Å². The molecule has 2 nitrogen and oxygen atoms in total. The van der Waals surface area contributed by atoms with E-state index in [1.807, 2.05) is 24.4 Å². The lowest BCUT2D eigenvalue weighted by atomic mass is 10.1. The van der Waals surface area contributed by atoms with E-state index in [9.17, 15) is 0 Å². The predicted octanol–water partition coefficient (Wildman–Crippen LogP) is 1.69. The minimum Gasteiger partial charge on any atom is -0.326 e. The maximum atomic E-state index is 5.53. The van der Waals surface area contributed by atoms with Crippen molar-refractivity contribution in [1.29, 1.82) is 0 Å². The Kier molecular flexibility index (Phi) is 1.76. The number of hydrogen-bond donors (Lipinski definition) is 1. The third-order valence-electron chi connectivity index (χ3n) is 1.94. The number of nitrogens with two attached hydrogens (primary N) is 1. The van der Waals surface area contributed by atoms with E-state index in [1.165, 1.54) is 5.39 Å². The van der Waals surface area contributed by atoms with Gasteiger partial charge in [0.1, 0.15) is 0 Å². The second-order valence-corrected chi connectivity index (χ2v) is 2.76. The van der Waals surface area contributed by atoms with Crippen LogP contribution >= 0.6 is 0 Å². The largest absolute Gasteiger partial charge is 0.326 e. The zero-order chi connectivity index (χ0) is 8.39. The molecule has 2 N–H and O–H groups in total. The lowest BCUT2D eigenvalue weighted by molar-refractivity contribution is 1.08. The van der Waals surface area contributed by atoms with Crippen molar-refractivity contribution in [3.05, 3.63) is 42.2 Å². The van der Waals surface area contributed by atoms with Gasteiger partial charge in [0.25, 0.3) is 0 Å². The highest BCUT2D eigenvalue weighted by atomic mass is 14.6. The summed E-state index contributed by atoms with van der Waals surface area (Å²) in [6.45, 7) is 0.595. The summed E-state index contributed by atoms with van der Waals surface area (Å²) in [5.74, 6) is 0. The Balaban J connectivity index is 2.67. The third kappa shape index (κ3) is 1.17. The normalized spacial score (nSPS) is 10.4. The Morgan fingerprint density at radius 3 is 2.92 bits per heavy atom. The Morgan fingerprint density at radius 1 is 1.17 bits per heavy atom. The van der Waals surface area contributed by atoms with Gasteiger partial charge in [0, 0.05) is 24.3 Å². The number of benzene rings is 1. The van der Waals surface area contributed by atoms with Gasteiger partial charge in [-0.3, -0.25) is 4.98 Å². The first-order valence-corrected chi connectivity index (χ1v) is 3.93. The van der Waals surface area contributed by atoms with E-state index in [0.717, 1.165) is 10.9 Å². The molecule has 12 heavy (non-hydrogen) atoms. The Morgan fingerprint density at radius 2 is 2.08 bits per heavy atom. The van der Waals surface area contributed by atoms with Crippen LogP contribution < -0.4 is 5.73 Å². The van der Waals surface area contributed by atoms with Crippen molar-refractivity contribution in [3.63, 3.8) is 0 Å². The molecule has 0 fully saturated rings. The van der Waals surface area contributed by atoms with Crippen molar-refractivity contribution >= 4 is 10.8 Å². The van der Waals surface area contributed by atoms with Gasteiger partial charge in [-0.25, -0.2) is 0 Å². The fourth-order valence-corrected chi connectivity index (χ4v) is 1.26. The van der Waals surface area contributed by atoms with Crippen LogP contribution in [0, 0.1) is 0 Å². The number of nitrogens with zero attached hydrogens (tertiary/aromatic N) is 1. The average Bonchev–Trinajstić information content (AvgIpc) is 2.17. The van der Waals surface area contributed by atoms with Crippen LogP contribution in [0.4, 0.5) is 0 Å². The molecule has 0 amide bonds. The maximum Gasteiger partial charge on any atom is 0.0346 e. The molecular weight excluding hydrogens is 148 g/mol. The standard InChI is InChI=1S/C10H10N2/c11-6-8-1-2-10-7-12-4-3-9(10)5-8/h1-5,7H,6,11H2. The number of pyridine rings is 1. The van der Waals surface area contributed by atoms with Crippen LogP contribution in [0.1, 0.15) is 5.56 Å². The first kappa shape index (κ1) is 7.25. The summed E-state index contributed by atoms with van der Waals surface area (Å²) in [6.07, 6.45) is 3.65. The zero-order valence-corrected chi connectivity index (χ0v) is 6.70. The van der Waals surface area contributed by atoms with Crippen LogP contribution in [0.2, 0.25) is 0 Å². The van der Waals surface area contributed by atoms with E-state index in [-0.39, 0.29) is 0 Å². The minimum absolute atomic E-state index is 0.595. The lowest BCUT2D eigenvalue weighted by Gasteiger charge is -1.99. The second kappa shape index (κ2) is 2.91. The Bertz CT molecular complexity index is 396. The van der Waals surface area contributed by atoms with Crippen LogP contribution in [0.25, 0.3) is 10.8 Å². The molecule has 0 spiro atoms. The SMILES string of the molecule is NCc1ccc2cnccc2c1. The topological polar surface area (TPSA) is 38.9 Å². The zero-order valence-electron chi connectivity index (χ0n) is 6.70. The number of hydrogen-bond acceptors (Lipinski definition) is 2. The van der Waals surface area contributed by atoms with Gasteiger partial charge in [0.05, 0.1) is 0 Å². The van der Waals surface area contributed by atoms with Gasteiger partial charge < -0.3 is 5.73 Å². The monoisotopic (exact) mass is 158 g/mol. The van der Waals surface area contributed by atoms with E-state index in [2.05, 4.69) is 11.1 Å². The van der Waals surface area contributed by atoms with E-state index < -0.39 is 0 Å². The van der Waals surface area contributed by atoms with Gasteiger partial charge in [0.15, 0.2) is 0 Å². The van der Waals surface area contributed by atoms with E-state index in [1.54, 1.807) is 6.20 Å². The van der Waals surface area contributed by atoms with Crippen LogP contribution in [0.5, 0.6) is 0 Å². The Labute approximate surface area is 71.0 Å². The van der Waals surface area contributed by atoms with Crippen LogP contribution in [0.15, 0.2) is 36.7 Å². The smallest absolute Gasteiger partial charge is 0.0346 e. The van der Waals surface area contributed by atoms with Crippen molar-refractivity contribution in [2.75, 3.05) is 0 Å². The lowest BCUT2D eigenvalue weighted by Crippen LogP contribution is -1.95. The molecule has 0 aliphatic carbocycles. The molecule has 0 unspecified atom stereocenters. The molecule has 2 heteroatoms. The molecule has 1 aromatic heterocycles. The summed E-state index contributed by atoms with van der Waals surface area (Å²) < 4.78 is 0. The molecule has 0 atom stereocenters. The summed E-state index contributed by atoms with van der Waals surface area (Å²) in [4.78, 5) is 4.04. The van der Waals surface area contributed by atoms with E-state index in [0.29, 0.717) is 6.54 Å². The number of fused-ring (bicyclic) bond motifs is 1. The summed E-state index contributed by atoms with van der Waals surface area (Å²) in [6, 6.07) is 8.17. The predicted molar refractivity (Wildman–Crippen MR) is 49.6 cm³/mol. The molecule has 0 saturated heterocycles. The van der Waals surface area contributed by atoms with Crippen molar-refractivity contribution in [2.45, 2.75) is 6.54 Å². The highest BCUT2D eigenvalue weighted by Gasteiger charge is 1.93. The molecule has 0 aliphatic heterocycles. The first-order chi connectivity index (χ1) is 5.90. The molecule has 1 aromatic carbocycles. The summed E-state index contributed by atoms with van der Waals surface area (Å²) in [7, 11) is 0. The highest BCUT2D eigenvalue weighted by molar-refractivity contribution is 5.81. The minimum atomic E-state index is 0.595. The van der Waals surface area contributed by atoms with Crippen LogP contribution in [-0.4, -0.2) is 4.98 Å². The fourth-order valence-electron chi connectivity index (χ4n) is 1.26. The molecule has 0 aliphatic rings. The van der Waals surface area contributed by atoms with Gasteiger partial charge in [-0.05, 0) is 23.1 Å². The van der Waals surface area contributed by atoms with Gasteiger partial charge in [0.2, 0.25) is 0 Å². The molecule has 60 valence electrons. The van der Waals surface area contributed by atoms with Crippen molar-refractivity contribution in [1.82, 2.24) is 4.98 Å². The van der Waals surface area contributed by atoms with Crippen LogP contribution in [-0.2, 0) is 6.54 Å². The second-order valence-electron chi connectivity index (χ2n) is 2.76. The highest BCUT2D eigenvalue weighted by Crippen LogP contribution is 2.13. The molecule has 1 heterocycles. The number of aromatic nitrogens is 1. The number of rotatable bonds is 1. The molecule has 2 rings (SSSR count). The molecule has 0 radical (unpaired) electrons. The van der Waals surface area contributed by atoms with E-state index in [4.69, 9.17) is 5.73 Å². The molecule has 2 aromatic rings. The van der Waals surface area contributed by atoms with E-state index >= 15 is 0 Å².